The van der Waals surface area contributed by atoms with Crippen molar-refractivity contribution in [2.24, 2.45) is 0 Å². The number of benzene rings is 2. The fourth-order valence-electron chi connectivity index (χ4n) is 2.80. The molecule has 0 unspecified atom stereocenters. The molecule has 0 saturated heterocycles. The lowest BCUT2D eigenvalue weighted by Gasteiger charge is -2.21. The van der Waals surface area contributed by atoms with Gasteiger partial charge in [0.05, 0.1) is 18.2 Å². The molecule has 1 amide bonds. The lowest BCUT2D eigenvalue weighted by Crippen LogP contribution is -2.33. The van der Waals surface area contributed by atoms with Crippen molar-refractivity contribution in [2.45, 2.75) is 25.4 Å². The van der Waals surface area contributed by atoms with Gasteiger partial charge in [0.1, 0.15) is 5.82 Å². The van der Waals surface area contributed by atoms with Crippen LogP contribution in [0.4, 0.5) is 5.69 Å². The summed E-state index contributed by atoms with van der Waals surface area (Å²) in [7, 11) is 0. The number of rotatable bonds is 7. The molecule has 0 radical (unpaired) electrons. The van der Waals surface area contributed by atoms with E-state index in [2.05, 4.69) is 16.3 Å². The van der Waals surface area contributed by atoms with Gasteiger partial charge in [-0.1, -0.05) is 47.7 Å². The van der Waals surface area contributed by atoms with Crippen LogP contribution in [0.25, 0.3) is 5.69 Å². The van der Waals surface area contributed by atoms with Crippen molar-refractivity contribution < 1.29 is 4.79 Å². The van der Waals surface area contributed by atoms with Gasteiger partial charge in [-0.05, 0) is 38.1 Å². The highest BCUT2D eigenvalue weighted by molar-refractivity contribution is 7.99. The first-order valence-corrected chi connectivity index (χ1v) is 9.93. The normalized spacial score (nSPS) is 10.5. The van der Waals surface area contributed by atoms with E-state index in [4.69, 9.17) is 5.26 Å². The molecule has 0 fully saturated rings. The van der Waals surface area contributed by atoms with Crippen LogP contribution in [-0.4, -0.2) is 33.0 Å². The van der Waals surface area contributed by atoms with E-state index in [1.54, 1.807) is 4.90 Å². The number of nitriles is 1. The van der Waals surface area contributed by atoms with Crippen LogP contribution in [0.15, 0.2) is 59.8 Å². The zero-order valence-corrected chi connectivity index (χ0v) is 16.7. The molecule has 0 aliphatic heterocycles. The SMILES string of the molecule is Cc1ccc(-n2c(C)nnc2SCC(=O)N(CCC#N)c2ccccc2)cc1. The third-order valence-corrected chi connectivity index (χ3v) is 5.14. The highest BCUT2D eigenvalue weighted by Crippen LogP contribution is 2.23. The fraction of sp³-hybridized carbons (Fsp3) is 0.238. The van der Waals surface area contributed by atoms with Gasteiger partial charge in [-0.15, -0.1) is 10.2 Å². The monoisotopic (exact) mass is 391 g/mol. The zero-order valence-electron chi connectivity index (χ0n) is 15.9. The largest absolute Gasteiger partial charge is 0.311 e. The van der Waals surface area contributed by atoms with Gasteiger partial charge in [-0.25, -0.2) is 0 Å². The Labute approximate surface area is 168 Å². The van der Waals surface area contributed by atoms with E-state index in [1.165, 1.54) is 17.3 Å². The predicted molar refractivity (Wildman–Crippen MR) is 111 cm³/mol. The van der Waals surface area contributed by atoms with Crippen LogP contribution in [0.2, 0.25) is 0 Å². The van der Waals surface area contributed by atoms with Gasteiger partial charge in [0.25, 0.3) is 0 Å². The van der Waals surface area contributed by atoms with Crippen molar-refractivity contribution in [1.29, 1.82) is 5.26 Å². The van der Waals surface area contributed by atoms with Gasteiger partial charge in [0, 0.05) is 17.9 Å². The summed E-state index contributed by atoms with van der Waals surface area (Å²) in [4.78, 5) is 14.5. The minimum Gasteiger partial charge on any atom is -0.311 e. The molecule has 0 spiro atoms. The van der Waals surface area contributed by atoms with E-state index in [-0.39, 0.29) is 18.1 Å². The third kappa shape index (κ3) is 4.59. The second-order valence-corrected chi connectivity index (χ2v) is 7.22. The number of hydrogen-bond acceptors (Lipinski definition) is 5. The van der Waals surface area contributed by atoms with Crippen LogP contribution in [0.3, 0.4) is 0 Å². The molecule has 3 aromatic rings. The number of carbonyl (C=O) groups excluding carboxylic acids is 1. The van der Waals surface area contributed by atoms with Gasteiger partial charge >= 0.3 is 0 Å². The van der Waals surface area contributed by atoms with E-state index in [9.17, 15) is 4.79 Å². The van der Waals surface area contributed by atoms with E-state index in [1.807, 2.05) is 73.0 Å². The van der Waals surface area contributed by atoms with E-state index in [0.29, 0.717) is 11.7 Å². The van der Waals surface area contributed by atoms with Crippen LogP contribution in [0, 0.1) is 25.2 Å². The highest BCUT2D eigenvalue weighted by Gasteiger charge is 2.18. The molecular weight excluding hydrogens is 370 g/mol. The number of nitrogens with zero attached hydrogens (tertiary/aromatic N) is 5. The summed E-state index contributed by atoms with van der Waals surface area (Å²) in [6.45, 7) is 4.29. The molecule has 142 valence electrons. The van der Waals surface area contributed by atoms with Gasteiger partial charge in [0.2, 0.25) is 5.91 Å². The van der Waals surface area contributed by atoms with Crippen molar-refractivity contribution in [2.75, 3.05) is 17.2 Å². The first-order chi connectivity index (χ1) is 13.6. The number of thioether (sulfide) groups is 1. The molecule has 0 N–H and O–H groups in total. The van der Waals surface area contributed by atoms with Crippen molar-refractivity contribution in [3.8, 4) is 11.8 Å². The van der Waals surface area contributed by atoms with E-state index < -0.39 is 0 Å². The maximum Gasteiger partial charge on any atom is 0.237 e. The number of carbonyl (C=O) groups is 1. The number of para-hydroxylation sites is 1. The first-order valence-electron chi connectivity index (χ1n) is 8.94. The standard InChI is InChI=1S/C21H21N5OS/c1-16-9-11-19(12-10-16)26-17(2)23-24-21(26)28-15-20(27)25(14-6-13-22)18-7-4-3-5-8-18/h3-5,7-12H,6,14-15H2,1-2H3. The van der Waals surface area contributed by atoms with Crippen molar-refractivity contribution in [1.82, 2.24) is 14.8 Å². The topological polar surface area (TPSA) is 74.8 Å². The van der Waals surface area contributed by atoms with Gasteiger partial charge < -0.3 is 4.90 Å². The van der Waals surface area contributed by atoms with Crippen molar-refractivity contribution in [3.63, 3.8) is 0 Å². The maximum absolute atomic E-state index is 12.9. The summed E-state index contributed by atoms with van der Waals surface area (Å²) in [5, 5.41) is 18.0. The number of hydrogen-bond donors (Lipinski definition) is 0. The van der Waals surface area contributed by atoms with Crippen molar-refractivity contribution in [3.05, 3.63) is 66.0 Å². The Morgan fingerprint density at radius 2 is 1.82 bits per heavy atom. The Balaban J connectivity index is 1.77. The first kappa shape index (κ1) is 19.6. The van der Waals surface area contributed by atoms with Crippen LogP contribution in [0.5, 0.6) is 0 Å². The summed E-state index contributed by atoms with van der Waals surface area (Å²) in [5.74, 6) is 0.912. The van der Waals surface area contributed by atoms with Crippen molar-refractivity contribution >= 4 is 23.4 Å². The fourth-order valence-corrected chi connectivity index (χ4v) is 3.67. The van der Waals surface area contributed by atoms with Gasteiger partial charge in [0.15, 0.2) is 5.16 Å². The van der Waals surface area contributed by atoms with Crippen LogP contribution < -0.4 is 4.90 Å². The average molecular weight is 392 g/mol. The Hall–Kier alpha value is -3.11. The lowest BCUT2D eigenvalue weighted by molar-refractivity contribution is -0.116. The lowest BCUT2D eigenvalue weighted by atomic mass is 10.2. The molecule has 6 nitrogen and oxygen atoms in total. The third-order valence-electron chi connectivity index (χ3n) is 4.23. The molecule has 2 aromatic carbocycles. The number of anilines is 1. The zero-order chi connectivity index (χ0) is 19.9. The van der Waals surface area contributed by atoms with Gasteiger partial charge in [-0.2, -0.15) is 5.26 Å². The summed E-state index contributed by atoms with van der Waals surface area (Å²) >= 11 is 1.35. The number of aromatic nitrogens is 3. The second kappa shape index (κ2) is 9.20. The summed E-state index contributed by atoms with van der Waals surface area (Å²) < 4.78 is 1.94. The van der Waals surface area contributed by atoms with Gasteiger partial charge in [-0.3, -0.25) is 9.36 Å². The molecule has 7 heteroatoms. The summed E-state index contributed by atoms with van der Waals surface area (Å²) in [5.41, 5.74) is 2.93. The van der Waals surface area contributed by atoms with E-state index >= 15 is 0 Å². The maximum atomic E-state index is 12.9. The molecule has 1 heterocycles. The molecule has 0 aliphatic carbocycles. The number of amides is 1. The molecule has 28 heavy (non-hydrogen) atoms. The van der Waals surface area contributed by atoms with Crippen LogP contribution in [0.1, 0.15) is 17.8 Å². The highest BCUT2D eigenvalue weighted by atomic mass is 32.2. The molecule has 1 aromatic heterocycles. The average Bonchev–Trinajstić information content (AvgIpc) is 3.08. The van der Waals surface area contributed by atoms with E-state index in [0.717, 1.165) is 17.2 Å². The predicted octanol–water partition coefficient (Wildman–Crippen LogP) is 3.92. The number of aryl methyl sites for hydroxylation is 2. The Bertz CT molecular complexity index is 976. The Morgan fingerprint density at radius 1 is 1.11 bits per heavy atom. The molecule has 3 rings (SSSR count). The Morgan fingerprint density at radius 3 is 2.50 bits per heavy atom. The second-order valence-electron chi connectivity index (χ2n) is 6.28. The Kier molecular flexibility index (Phi) is 6.45. The van der Waals surface area contributed by atoms with Crippen LogP contribution in [-0.2, 0) is 4.79 Å². The minimum absolute atomic E-state index is 0.0671. The molecule has 0 atom stereocenters. The summed E-state index contributed by atoms with van der Waals surface area (Å²) in [6, 6.07) is 19.6. The molecule has 0 saturated carbocycles. The van der Waals surface area contributed by atoms with Crippen LogP contribution >= 0.6 is 11.8 Å². The minimum atomic E-state index is -0.0671. The molecule has 0 bridgehead atoms. The molecule has 0 aliphatic rings. The quantitative estimate of drug-likeness (QED) is 0.571. The molecular formula is C21H21N5OS. The summed E-state index contributed by atoms with van der Waals surface area (Å²) in [6.07, 6.45) is 0.282. The smallest absolute Gasteiger partial charge is 0.237 e.